The van der Waals surface area contributed by atoms with E-state index in [0.717, 1.165) is 55.6 Å². The maximum atomic E-state index is 6.30. The van der Waals surface area contributed by atoms with E-state index < -0.39 is 0 Å². The Bertz CT molecular complexity index is 3230. The van der Waals surface area contributed by atoms with Gasteiger partial charge in [-0.2, -0.15) is 0 Å². The van der Waals surface area contributed by atoms with Crippen LogP contribution in [0.1, 0.15) is 0 Å². The molecule has 0 saturated carbocycles. The Morgan fingerprint density at radius 3 is 1.67 bits per heavy atom. The summed E-state index contributed by atoms with van der Waals surface area (Å²) in [4.78, 5) is 10.4. The summed E-state index contributed by atoms with van der Waals surface area (Å²) in [5.74, 6) is 0.674. The lowest BCUT2D eigenvalue weighted by molar-refractivity contribution is 0.669. The van der Waals surface area contributed by atoms with Gasteiger partial charge in [0.05, 0.1) is 11.4 Å². The molecule has 9 aromatic carbocycles. The zero-order chi connectivity index (χ0) is 36.3. The fourth-order valence-corrected chi connectivity index (χ4v) is 8.14. The van der Waals surface area contributed by atoms with Gasteiger partial charge < -0.3 is 4.42 Å². The van der Waals surface area contributed by atoms with Gasteiger partial charge in [0.1, 0.15) is 11.2 Å². The normalized spacial score (nSPS) is 11.6. The Hall–Kier alpha value is -7.36. The van der Waals surface area contributed by atoms with Gasteiger partial charge in [0.2, 0.25) is 0 Å². The molecule has 0 spiro atoms. The number of para-hydroxylation sites is 1. The lowest BCUT2D eigenvalue weighted by Crippen LogP contribution is -1.96. The van der Waals surface area contributed by atoms with Gasteiger partial charge in [-0.15, -0.1) is 0 Å². The summed E-state index contributed by atoms with van der Waals surface area (Å²) in [6.45, 7) is 0. The molecule has 11 aromatic rings. The monoisotopic (exact) mass is 700 g/mol. The van der Waals surface area contributed by atoms with Crippen molar-refractivity contribution < 1.29 is 4.42 Å². The summed E-state index contributed by atoms with van der Waals surface area (Å²) in [6.07, 6.45) is 0. The summed E-state index contributed by atoms with van der Waals surface area (Å²) >= 11 is 0. The maximum absolute atomic E-state index is 6.30. The van der Waals surface area contributed by atoms with Crippen LogP contribution >= 0.6 is 0 Å². The fraction of sp³-hybridized carbons (Fsp3) is 0. The number of benzene rings is 9. The molecule has 0 aliphatic carbocycles. The predicted molar refractivity (Wildman–Crippen MR) is 229 cm³/mol. The third-order valence-corrected chi connectivity index (χ3v) is 10.9. The smallest absolute Gasteiger partial charge is 0.160 e. The highest BCUT2D eigenvalue weighted by Crippen LogP contribution is 2.40. The van der Waals surface area contributed by atoms with Crippen molar-refractivity contribution >= 4 is 54.3 Å². The highest BCUT2D eigenvalue weighted by atomic mass is 16.3. The second-order valence-electron chi connectivity index (χ2n) is 14.1. The third-order valence-electron chi connectivity index (χ3n) is 10.9. The number of rotatable bonds is 5. The Morgan fingerprint density at radius 1 is 0.291 bits per heavy atom. The Balaban J connectivity index is 1.05. The molecule has 0 saturated heterocycles. The molecule has 0 aliphatic heterocycles. The van der Waals surface area contributed by atoms with Crippen LogP contribution < -0.4 is 0 Å². The van der Waals surface area contributed by atoms with Crippen molar-refractivity contribution in [2.24, 2.45) is 0 Å². The molecule has 2 aromatic heterocycles. The van der Waals surface area contributed by atoms with Gasteiger partial charge in [-0.3, -0.25) is 0 Å². The molecule has 0 amide bonds. The summed E-state index contributed by atoms with van der Waals surface area (Å²) in [6, 6.07) is 68.7. The fourth-order valence-electron chi connectivity index (χ4n) is 8.14. The summed E-state index contributed by atoms with van der Waals surface area (Å²) in [5.41, 5.74) is 11.1. The number of hydrogen-bond acceptors (Lipinski definition) is 3. The van der Waals surface area contributed by atoms with Gasteiger partial charge in [-0.1, -0.05) is 164 Å². The van der Waals surface area contributed by atoms with Gasteiger partial charge >= 0.3 is 0 Å². The zero-order valence-corrected chi connectivity index (χ0v) is 29.8. The molecule has 2 heterocycles. The quantitative estimate of drug-likeness (QED) is 0.133. The van der Waals surface area contributed by atoms with E-state index in [1.165, 1.54) is 49.0 Å². The minimum absolute atomic E-state index is 0.674. The van der Waals surface area contributed by atoms with Crippen molar-refractivity contribution in [3.8, 4) is 56.2 Å². The number of furan rings is 1. The molecule has 0 N–H and O–H groups in total. The van der Waals surface area contributed by atoms with Crippen LogP contribution in [0.15, 0.2) is 199 Å². The van der Waals surface area contributed by atoms with E-state index in [1.807, 2.05) is 24.3 Å². The molecule has 0 fully saturated rings. The second-order valence-corrected chi connectivity index (χ2v) is 14.1. The third kappa shape index (κ3) is 5.36. The van der Waals surface area contributed by atoms with Crippen molar-refractivity contribution in [1.29, 1.82) is 0 Å². The first kappa shape index (κ1) is 31.2. The highest BCUT2D eigenvalue weighted by Gasteiger charge is 2.16. The number of fused-ring (bicyclic) bond motifs is 7. The topological polar surface area (TPSA) is 38.9 Å². The number of nitrogens with zero attached hydrogens (tertiary/aromatic N) is 2. The van der Waals surface area contributed by atoms with Gasteiger partial charge in [-0.25, -0.2) is 9.97 Å². The van der Waals surface area contributed by atoms with Gasteiger partial charge in [0, 0.05) is 27.5 Å². The van der Waals surface area contributed by atoms with Gasteiger partial charge in [0.15, 0.2) is 5.82 Å². The molecule has 0 radical (unpaired) electrons. The van der Waals surface area contributed by atoms with Crippen molar-refractivity contribution in [3.05, 3.63) is 194 Å². The maximum Gasteiger partial charge on any atom is 0.160 e. The lowest BCUT2D eigenvalue weighted by atomic mass is 9.89. The predicted octanol–water partition coefficient (Wildman–Crippen LogP) is 14.2. The number of hydrogen-bond donors (Lipinski definition) is 0. The van der Waals surface area contributed by atoms with Crippen molar-refractivity contribution in [2.75, 3.05) is 0 Å². The minimum Gasteiger partial charge on any atom is -0.456 e. The highest BCUT2D eigenvalue weighted by molar-refractivity contribution is 6.20. The zero-order valence-electron chi connectivity index (χ0n) is 29.8. The molecular weight excluding hydrogens is 669 g/mol. The lowest BCUT2D eigenvalue weighted by Gasteiger charge is -2.15. The van der Waals surface area contributed by atoms with Crippen LogP contribution in [0, 0.1) is 0 Å². The SMILES string of the molecule is c1ccc(-c2ccc(-c3nc(-c4ccc(-c5c6ccccc6cc6c5ccc5ccccc56)cc4)cc(-c4ccc5c(c4)oc4ccccc45)n3)cc2)cc1. The number of aromatic nitrogens is 2. The van der Waals surface area contributed by atoms with Crippen molar-refractivity contribution in [2.45, 2.75) is 0 Å². The molecule has 11 rings (SSSR count). The average molecular weight is 701 g/mol. The summed E-state index contributed by atoms with van der Waals surface area (Å²) in [7, 11) is 0. The van der Waals surface area contributed by atoms with Crippen molar-refractivity contribution in [1.82, 2.24) is 9.97 Å². The molecular formula is C52H32N2O. The Kier molecular flexibility index (Phi) is 7.17. The van der Waals surface area contributed by atoms with Crippen LogP contribution in [0.25, 0.3) is 110 Å². The summed E-state index contributed by atoms with van der Waals surface area (Å²) in [5, 5.41) is 9.70. The molecule has 3 heteroatoms. The van der Waals surface area contributed by atoms with Crippen LogP contribution in [0.4, 0.5) is 0 Å². The van der Waals surface area contributed by atoms with E-state index in [-0.39, 0.29) is 0 Å². The van der Waals surface area contributed by atoms with E-state index >= 15 is 0 Å². The van der Waals surface area contributed by atoms with E-state index in [1.54, 1.807) is 0 Å². The van der Waals surface area contributed by atoms with E-state index in [9.17, 15) is 0 Å². The molecule has 3 nitrogen and oxygen atoms in total. The molecule has 0 unspecified atom stereocenters. The standard InChI is InChI=1S/C52H32N2O/c1-2-10-33(11-3-1)34-18-24-38(25-19-34)52-53-47(32-48(54-52)40-27-28-44-43-16-8-9-17-49(43)55-50(44)31-40)36-20-22-37(23-21-36)51-42-15-7-5-13-39(42)30-46-41-14-6-4-12-35(41)26-29-45(46)51/h1-32H. The average Bonchev–Trinajstić information content (AvgIpc) is 3.64. The van der Waals surface area contributed by atoms with Crippen LogP contribution in [0.2, 0.25) is 0 Å². The molecule has 55 heavy (non-hydrogen) atoms. The van der Waals surface area contributed by atoms with Crippen LogP contribution in [-0.4, -0.2) is 9.97 Å². The Labute approximate surface area is 317 Å². The molecule has 256 valence electrons. The van der Waals surface area contributed by atoms with Crippen LogP contribution in [-0.2, 0) is 0 Å². The van der Waals surface area contributed by atoms with Crippen LogP contribution in [0.5, 0.6) is 0 Å². The van der Waals surface area contributed by atoms with E-state index in [4.69, 9.17) is 14.4 Å². The molecule has 0 bridgehead atoms. The van der Waals surface area contributed by atoms with Gasteiger partial charge in [0.25, 0.3) is 0 Å². The molecule has 0 aliphatic rings. The first-order valence-electron chi connectivity index (χ1n) is 18.6. The van der Waals surface area contributed by atoms with E-state index in [0.29, 0.717) is 5.82 Å². The first-order valence-corrected chi connectivity index (χ1v) is 18.6. The summed E-state index contributed by atoms with van der Waals surface area (Å²) < 4.78 is 6.30. The van der Waals surface area contributed by atoms with Crippen LogP contribution in [0.3, 0.4) is 0 Å². The van der Waals surface area contributed by atoms with Crippen molar-refractivity contribution in [3.63, 3.8) is 0 Å². The largest absolute Gasteiger partial charge is 0.456 e. The van der Waals surface area contributed by atoms with Gasteiger partial charge in [-0.05, 0) is 84.9 Å². The Morgan fingerprint density at radius 2 is 0.855 bits per heavy atom. The molecule has 0 atom stereocenters. The second kappa shape index (κ2) is 12.6. The van der Waals surface area contributed by atoms with E-state index in [2.05, 4.69) is 170 Å². The first-order chi connectivity index (χ1) is 27.2. The minimum atomic E-state index is 0.674.